The van der Waals surface area contributed by atoms with Crippen LogP contribution in [0, 0.1) is 0 Å². The van der Waals surface area contributed by atoms with Crippen molar-refractivity contribution in [2.24, 2.45) is 0 Å². The molecule has 0 amide bonds. The van der Waals surface area contributed by atoms with E-state index in [0.29, 0.717) is 4.88 Å². The number of hydrogen-bond acceptors (Lipinski definition) is 6. The average Bonchev–Trinajstić information content (AvgIpc) is 3.18. The van der Waals surface area contributed by atoms with Gasteiger partial charge in [0, 0.05) is 18.0 Å². The van der Waals surface area contributed by atoms with Crippen molar-refractivity contribution in [3.8, 4) is 22.8 Å². The van der Waals surface area contributed by atoms with Gasteiger partial charge >= 0.3 is 5.97 Å². The molecule has 3 heterocycles. The highest BCUT2D eigenvalue weighted by atomic mass is 32.1. The number of thiazole rings is 1. The highest BCUT2D eigenvalue weighted by Gasteiger charge is 2.17. The summed E-state index contributed by atoms with van der Waals surface area (Å²) in [5.41, 5.74) is 1.76. The number of ether oxygens (including phenoxy) is 3. The van der Waals surface area contributed by atoms with Crippen LogP contribution in [0.15, 0.2) is 30.6 Å². The van der Waals surface area contributed by atoms with Gasteiger partial charge in [-0.25, -0.2) is 9.78 Å². The lowest BCUT2D eigenvalue weighted by atomic mass is 10.1. The first-order valence-electron chi connectivity index (χ1n) is 6.21. The first-order chi connectivity index (χ1) is 10.2. The van der Waals surface area contributed by atoms with Crippen molar-refractivity contribution < 1.29 is 19.0 Å². The van der Waals surface area contributed by atoms with Gasteiger partial charge in [0.1, 0.15) is 4.88 Å². The second-order valence-electron chi connectivity index (χ2n) is 4.47. The number of carbonyl (C=O) groups is 1. The zero-order chi connectivity index (χ0) is 14.4. The van der Waals surface area contributed by atoms with Crippen molar-refractivity contribution in [3.05, 3.63) is 35.5 Å². The first kappa shape index (κ1) is 12.2. The maximum atomic E-state index is 11.5. The van der Waals surface area contributed by atoms with E-state index in [1.807, 2.05) is 28.8 Å². The molecule has 6 nitrogen and oxygen atoms in total. The number of nitrogens with zero attached hydrogens (tertiary/aromatic N) is 2. The largest absolute Gasteiger partial charge is 0.465 e. The Bertz CT molecular complexity index is 820. The zero-order valence-electron chi connectivity index (χ0n) is 11.0. The molecule has 0 radical (unpaired) electrons. The summed E-state index contributed by atoms with van der Waals surface area (Å²) in [6.07, 6.45) is 3.59. The highest BCUT2D eigenvalue weighted by molar-refractivity contribution is 7.18. The predicted octanol–water partition coefficient (Wildman–Crippen LogP) is 2.58. The van der Waals surface area contributed by atoms with Gasteiger partial charge in [0.05, 0.1) is 12.8 Å². The Morgan fingerprint density at radius 3 is 3.00 bits per heavy atom. The van der Waals surface area contributed by atoms with Gasteiger partial charge in [-0.1, -0.05) is 11.3 Å². The molecule has 0 atom stereocenters. The van der Waals surface area contributed by atoms with Crippen molar-refractivity contribution >= 4 is 22.3 Å². The third-order valence-electron chi connectivity index (χ3n) is 3.21. The fourth-order valence-corrected chi connectivity index (χ4v) is 3.07. The van der Waals surface area contributed by atoms with Gasteiger partial charge < -0.3 is 14.2 Å². The molecule has 0 saturated heterocycles. The van der Waals surface area contributed by atoms with Crippen LogP contribution in [0.3, 0.4) is 0 Å². The van der Waals surface area contributed by atoms with E-state index in [0.717, 1.165) is 27.7 Å². The maximum Gasteiger partial charge on any atom is 0.349 e. The lowest BCUT2D eigenvalue weighted by Crippen LogP contribution is -1.97. The van der Waals surface area contributed by atoms with Crippen LogP contribution in [-0.4, -0.2) is 29.3 Å². The molecule has 2 aromatic heterocycles. The summed E-state index contributed by atoms with van der Waals surface area (Å²) < 4.78 is 17.2. The van der Waals surface area contributed by atoms with Gasteiger partial charge in [0.25, 0.3) is 0 Å². The fourth-order valence-electron chi connectivity index (χ4n) is 2.19. The summed E-state index contributed by atoms with van der Waals surface area (Å²) in [7, 11) is 1.36. The van der Waals surface area contributed by atoms with Crippen molar-refractivity contribution in [1.82, 2.24) is 9.38 Å². The summed E-state index contributed by atoms with van der Waals surface area (Å²) >= 11 is 1.29. The molecule has 106 valence electrons. The maximum absolute atomic E-state index is 11.5. The minimum Gasteiger partial charge on any atom is -0.465 e. The van der Waals surface area contributed by atoms with E-state index in [4.69, 9.17) is 14.2 Å². The van der Waals surface area contributed by atoms with Crippen LogP contribution < -0.4 is 9.47 Å². The number of aromatic nitrogens is 2. The predicted molar refractivity (Wildman–Crippen MR) is 76.0 cm³/mol. The Morgan fingerprint density at radius 2 is 2.19 bits per heavy atom. The smallest absolute Gasteiger partial charge is 0.349 e. The topological polar surface area (TPSA) is 62.1 Å². The van der Waals surface area contributed by atoms with Gasteiger partial charge in [-0.05, 0) is 18.2 Å². The Morgan fingerprint density at radius 1 is 1.33 bits per heavy atom. The Hall–Kier alpha value is -2.54. The second-order valence-corrected chi connectivity index (χ2v) is 5.48. The molecule has 1 aliphatic rings. The molecule has 0 spiro atoms. The SMILES string of the molecule is COC(=O)c1cn2cc(-c3ccc4c(c3)OCO4)nc2s1. The Balaban J connectivity index is 1.74. The molecule has 21 heavy (non-hydrogen) atoms. The van der Waals surface area contributed by atoms with Crippen LogP contribution in [-0.2, 0) is 4.74 Å². The Kier molecular flexibility index (Phi) is 2.61. The van der Waals surface area contributed by atoms with Crippen molar-refractivity contribution in [2.75, 3.05) is 13.9 Å². The molecular weight excluding hydrogens is 292 g/mol. The third kappa shape index (κ3) is 1.93. The van der Waals surface area contributed by atoms with E-state index in [9.17, 15) is 4.79 Å². The van der Waals surface area contributed by atoms with Crippen LogP contribution in [0.4, 0.5) is 0 Å². The van der Waals surface area contributed by atoms with E-state index < -0.39 is 0 Å². The van der Waals surface area contributed by atoms with Crippen LogP contribution in [0.1, 0.15) is 9.67 Å². The monoisotopic (exact) mass is 302 g/mol. The molecule has 0 aliphatic carbocycles. The fraction of sp³-hybridized carbons (Fsp3) is 0.143. The number of esters is 1. The van der Waals surface area contributed by atoms with Gasteiger partial charge in [-0.3, -0.25) is 4.40 Å². The van der Waals surface area contributed by atoms with E-state index in [2.05, 4.69) is 4.98 Å². The van der Waals surface area contributed by atoms with E-state index >= 15 is 0 Å². The molecule has 0 bridgehead atoms. The van der Waals surface area contributed by atoms with Gasteiger partial charge in [-0.2, -0.15) is 0 Å². The quantitative estimate of drug-likeness (QED) is 0.681. The summed E-state index contributed by atoms with van der Waals surface area (Å²) in [4.78, 5) is 17.3. The van der Waals surface area contributed by atoms with Crippen LogP contribution in [0.5, 0.6) is 11.5 Å². The lowest BCUT2D eigenvalue weighted by molar-refractivity contribution is 0.0606. The zero-order valence-corrected chi connectivity index (χ0v) is 11.8. The molecule has 7 heteroatoms. The number of benzene rings is 1. The van der Waals surface area contributed by atoms with E-state index in [-0.39, 0.29) is 12.8 Å². The van der Waals surface area contributed by atoms with Crippen molar-refractivity contribution in [3.63, 3.8) is 0 Å². The third-order valence-corrected chi connectivity index (χ3v) is 4.19. The number of methoxy groups -OCH3 is 1. The Labute approximate surface area is 123 Å². The second kappa shape index (κ2) is 4.49. The minimum absolute atomic E-state index is 0.250. The van der Waals surface area contributed by atoms with E-state index in [1.54, 1.807) is 6.20 Å². The van der Waals surface area contributed by atoms with Gasteiger partial charge in [0.2, 0.25) is 6.79 Å². The molecule has 1 aromatic carbocycles. The number of imidazole rings is 1. The molecule has 0 fully saturated rings. The number of fused-ring (bicyclic) bond motifs is 2. The van der Waals surface area contributed by atoms with Crippen molar-refractivity contribution in [1.29, 1.82) is 0 Å². The summed E-state index contributed by atoms with van der Waals surface area (Å²) in [5.74, 6) is 1.11. The standard InChI is InChI=1S/C14H10N2O4S/c1-18-13(17)12-6-16-5-9(15-14(16)21-12)8-2-3-10-11(4-8)20-7-19-10/h2-6H,7H2,1H3. The molecule has 0 N–H and O–H groups in total. The average molecular weight is 302 g/mol. The molecule has 3 aromatic rings. The van der Waals surface area contributed by atoms with Crippen LogP contribution in [0.25, 0.3) is 16.2 Å². The molecule has 4 rings (SSSR count). The molecule has 0 unspecified atom stereocenters. The van der Waals surface area contributed by atoms with E-state index in [1.165, 1.54) is 18.4 Å². The van der Waals surface area contributed by atoms with Crippen molar-refractivity contribution in [2.45, 2.75) is 0 Å². The normalized spacial score (nSPS) is 12.8. The lowest BCUT2D eigenvalue weighted by Gasteiger charge is -1.99. The van der Waals surface area contributed by atoms with Gasteiger partial charge in [-0.15, -0.1) is 0 Å². The summed E-state index contributed by atoms with van der Waals surface area (Å²) in [6.45, 7) is 0.250. The number of hydrogen-bond donors (Lipinski definition) is 0. The molecule has 1 aliphatic heterocycles. The van der Waals surface area contributed by atoms with Crippen LogP contribution in [0.2, 0.25) is 0 Å². The highest BCUT2D eigenvalue weighted by Crippen LogP contribution is 2.36. The molecule has 0 saturated carbocycles. The minimum atomic E-state index is -0.352. The number of carbonyl (C=O) groups excluding carboxylic acids is 1. The van der Waals surface area contributed by atoms with Gasteiger partial charge in [0.15, 0.2) is 16.5 Å². The first-order valence-corrected chi connectivity index (χ1v) is 7.03. The van der Waals surface area contributed by atoms with Crippen LogP contribution >= 0.6 is 11.3 Å². The molecular formula is C14H10N2O4S. The summed E-state index contributed by atoms with van der Waals surface area (Å²) in [6, 6.07) is 5.70. The number of rotatable bonds is 2. The summed E-state index contributed by atoms with van der Waals surface area (Å²) in [5, 5.41) is 0.